The Morgan fingerprint density at radius 1 is 1.12 bits per heavy atom. The molecule has 2 saturated heterocycles. The van der Waals surface area contributed by atoms with Gasteiger partial charge in [-0.3, -0.25) is 0 Å². The first kappa shape index (κ1) is 18.4. The van der Waals surface area contributed by atoms with Gasteiger partial charge in [0.05, 0.1) is 0 Å². The van der Waals surface area contributed by atoms with Crippen LogP contribution in [0, 0.1) is 5.41 Å². The van der Waals surface area contributed by atoms with Gasteiger partial charge in [-0.25, -0.2) is 4.98 Å². The summed E-state index contributed by atoms with van der Waals surface area (Å²) in [6.07, 6.45) is 9.58. The van der Waals surface area contributed by atoms with E-state index in [0.717, 1.165) is 31.4 Å². The number of anilines is 2. The molecule has 0 aromatic carbocycles. The van der Waals surface area contributed by atoms with Gasteiger partial charge in [0, 0.05) is 38.4 Å². The SMILES string of the molecule is CC(C)(C)CCN1CCC(Nc2nccc(N3CCCCCC3)n2)C1. The molecule has 2 fully saturated rings. The summed E-state index contributed by atoms with van der Waals surface area (Å²) in [6.45, 7) is 12.7. The highest BCUT2D eigenvalue weighted by atomic mass is 15.3. The first-order valence-electron chi connectivity index (χ1n) is 10.1. The zero-order chi connectivity index (χ0) is 17.7. The summed E-state index contributed by atoms with van der Waals surface area (Å²) in [5, 5.41) is 3.57. The van der Waals surface area contributed by atoms with Crippen molar-refractivity contribution in [3.63, 3.8) is 0 Å². The van der Waals surface area contributed by atoms with Gasteiger partial charge in [-0.2, -0.15) is 4.98 Å². The fourth-order valence-corrected chi connectivity index (χ4v) is 3.72. The molecule has 1 aromatic heterocycles. The van der Waals surface area contributed by atoms with E-state index in [-0.39, 0.29) is 0 Å². The van der Waals surface area contributed by atoms with Crippen molar-refractivity contribution in [2.45, 2.75) is 65.3 Å². The standard InChI is InChI=1S/C20H35N5/c1-20(2,3)10-15-24-14-9-17(16-24)22-19-21-11-8-18(23-19)25-12-6-4-5-7-13-25/h8,11,17H,4-7,9-10,12-16H2,1-3H3,(H,21,22,23). The van der Waals surface area contributed by atoms with E-state index in [2.05, 4.69) is 46.9 Å². The van der Waals surface area contributed by atoms with Gasteiger partial charge in [-0.15, -0.1) is 0 Å². The fraction of sp³-hybridized carbons (Fsp3) is 0.800. The van der Waals surface area contributed by atoms with Crippen LogP contribution in [0.3, 0.4) is 0 Å². The second-order valence-corrected chi connectivity index (χ2v) is 8.88. The predicted octanol–water partition coefficient (Wildman–Crippen LogP) is 3.78. The molecule has 0 aliphatic carbocycles. The van der Waals surface area contributed by atoms with Crippen molar-refractivity contribution < 1.29 is 0 Å². The molecule has 3 rings (SSSR count). The maximum absolute atomic E-state index is 4.80. The minimum atomic E-state index is 0.413. The van der Waals surface area contributed by atoms with Crippen LogP contribution in [-0.4, -0.2) is 53.6 Å². The third-order valence-electron chi connectivity index (χ3n) is 5.35. The minimum Gasteiger partial charge on any atom is -0.356 e. The lowest BCUT2D eigenvalue weighted by Crippen LogP contribution is -2.30. The summed E-state index contributed by atoms with van der Waals surface area (Å²) >= 11 is 0. The van der Waals surface area contributed by atoms with Crippen LogP contribution in [0.4, 0.5) is 11.8 Å². The Balaban J connectivity index is 1.52. The molecule has 0 spiro atoms. The lowest BCUT2D eigenvalue weighted by atomic mass is 9.92. The molecule has 1 aromatic rings. The lowest BCUT2D eigenvalue weighted by Gasteiger charge is -2.23. The van der Waals surface area contributed by atoms with Crippen LogP contribution in [0.2, 0.25) is 0 Å². The summed E-state index contributed by atoms with van der Waals surface area (Å²) in [5.41, 5.74) is 0.413. The van der Waals surface area contributed by atoms with E-state index in [0.29, 0.717) is 11.5 Å². The molecule has 0 amide bonds. The number of nitrogens with zero attached hydrogens (tertiary/aromatic N) is 4. The smallest absolute Gasteiger partial charge is 0.224 e. The molecule has 2 aliphatic rings. The Hall–Kier alpha value is -1.36. The van der Waals surface area contributed by atoms with E-state index in [1.807, 2.05) is 6.20 Å². The largest absolute Gasteiger partial charge is 0.356 e. The highest BCUT2D eigenvalue weighted by Crippen LogP contribution is 2.22. The topological polar surface area (TPSA) is 44.3 Å². The lowest BCUT2D eigenvalue weighted by molar-refractivity contribution is 0.264. The first-order chi connectivity index (χ1) is 12.0. The number of nitrogens with one attached hydrogen (secondary N) is 1. The highest BCUT2D eigenvalue weighted by molar-refractivity contribution is 5.43. The molecular weight excluding hydrogens is 310 g/mol. The molecule has 3 heterocycles. The minimum absolute atomic E-state index is 0.413. The quantitative estimate of drug-likeness (QED) is 0.880. The van der Waals surface area contributed by atoms with Crippen molar-refractivity contribution in [1.82, 2.24) is 14.9 Å². The fourth-order valence-electron chi connectivity index (χ4n) is 3.72. The van der Waals surface area contributed by atoms with Crippen LogP contribution in [-0.2, 0) is 0 Å². The number of aromatic nitrogens is 2. The van der Waals surface area contributed by atoms with E-state index in [1.165, 1.54) is 51.6 Å². The third kappa shape index (κ3) is 5.84. The Kier molecular flexibility index (Phi) is 6.15. The number of likely N-dealkylation sites (tertiary alicyclic amines) is 1. The van der Waals surface area contributed by atoms with E-state index >= 15 is 0 Å². The van der Waals surface area contributed by atoms with Gasteiger partial charge in [-0.1, -0.05) is 33.6 Å². The second-order valence-electron chi connectivity index (χ2n) is 8.88. The maximum Gasteiger partial charge on any atom is 0.224 e. The molecule has 1 N–H and O–H groups in total. The average Bonchev–Trinajstić information content (AvgIpc) is 2.84. The number of hydrogen-bond donors (Lipinski definition) is 1. The molecule has 0 radical (unpaired) electrons. The molecule has 25 heavy (non-hydrogen) atoms. The van der Waals surface area contributed by atoms with E-state index < -0.39 is 0 Å². The van der Waals surface area contributed by atoms with Gasteiger partial charge in [0.25, 0.3) is 0 Å². The van der Waals surface area contributed by atoms with E-state index in [4.69, 9.17) is 4.98 Å². The Morgan fingerprint density at radius 3 is 2.60 bits per heavy atom. The second kappa shape index (κ2) is 8.35. The molecule has 1 atom stereocenters. The van der Waals surface area contributed by atoms with Crippen molar-refractivity contribution in [2.75, 3.05) is 42.9 Å². The molecule has 2 aliphatic heterocycles. The van der Waals surface area contributed by atoms with Crippen LogP contribution in [0.5, 0.6) is 0 Å². The summed E-state index contributed by atoms with van der Waals surface area (Å²) < 4.78 is 0. The van der Waals surface area contributed by atoms with Crippen LogP contribution >= 0.6 is 0 Å². The van der Waals surface area contributed by atoms with Crippen molar-refractivity contribution in [1.29, 1.82) is 0 Å². The summed E-state index contributed by atoms with van der Waals surface area (Å²) in [4.78, 5) is 14.3. The van der Waals surface area contributed by atoms with Gasteiger partial charge < -0.3 is 15.1 Å². The third-order valence-corrected chi connectivity index (χ3v) is 5.35. The van der Waals surface area contributed by atoms with Gasteiger partial charge in [0.15, 0.2) is 0 Å². The predicted molar refractivity (Wildman–Crippen MR) is 105 cm³/mol. The summed E-state index contributed by atoms with van der Waals surface area (Å²) in [6, 6.07) is 2.53. The molecular formula is C20H35N5. The monoisotopic (exact) mass is 345 g/mol. The summed E-state index contributed by atoms with van der Waals surface area (Å²) in [5.74, 6) is 1.88. The zero-order valence-electron chi connectivity index (χ0n) is 16.3. The van der Waals surface area contributed by atoms with Crippen molar-refractivity contribution in [2.24, 2.45) is 5.41 Å². The first-order valence-corrected chi connectivity index (χ1v) is 10.1. The molecule has 5 heteroatoms. The van der Waals surface area contributed by atoms with Crippen LogP contribution in [0.25, 0.3) is 0 Å². The molecule has 0 saturated carbocycles. The normalized spacial score (nSPS) is 22.8. The van der Waals surface area contributed by atoms with Crippen molar-refractivity contribution in [3.05, 3.63) is 12.3 Å². The molecule has 5 nitrogen and oxygen atoms in total. The molecule has 0 bridgehead atoms. The van der Waals surface area contributed by atoms with Crippen LogP contribution in [0.1, 0.15) is 59.3 Å². The van der Waals surface area contributed by atoms with Gasteiger partial charge in [0.2, 0.25) is 5.95 Å². The van der Waals surface area contributed by atoms with Gasteiger partial charge in [0.1, 0.15) is 5.82 Å². The van der Waals surface area contributed by atoms with Gasteiger partial charge in [-0.05, 0) is 43.7 Å². The zero-order valence-corrected chi connectivity index (χ0v) is 16.3. The number of rotatable bonds is 5. The van der Waals surface area contributed by atoms with E-state index in [9.17, 15) is 0 Å². The Morgan fingerprint density at radius 2 is 1.88 bits per heavy atom. The average molecular weight is 346 g/mol. The van der Waals surface area contributed by atoms with Crippen molar-refractivity contribution in [3.8, 4) is 0 Å². The van der Waals surface area contributed by atoms with Crippen molar-refractivity contribution >= 4 is 11.8 Å². The molecule has 1 unspecified atom stereocenters. The van der Waals surface area contributed by atoms with Gasteiger partial charge >= 0.3 is 0 Å². The Labute approximate surface area is 153 Å². The maximum atomic E-state index is 4.80. The summed E-state index contributed by atoms with van der Waals surface area (Å²) in [7, 11) is 0. The highest BCUT2D eigenvalue weighted by Gasteiger charge is 2.24. The van der Waals surface area contributed by atoms with Crippen LogP contribution in [0.15, 0.2) is 12.3 Å². The van der Waals surface area contributed by atoms with E-state index in [1.54, 1.807) is 0 Å². The van der Waals surface area contributed by atoms with Crippen LogP contribution < -0.4 is 10.2 Å². The number of hydrogen-bond acceptors (Lipinski definition) is 5. The molecule has 140 valence electrons. The Bertz CT molecular complexity index is 531.